The fourth-order valence-electron chi connectivity index (χ4n) is 2.73. The minimum Gasteiger partial charge on any atom is -0.363 e. The molecule has 1 heterocycles. The maximum absolute atomic E-state index is 12.9. The first kappa shape index (κ1) is 18.7. The molecule has 0 amide bonds. The number of hydrogen-bond acceptors (Lipinski definition) is 2. The fraction of sp³-hybridized carbons (Fsp3) is 0.444. The minimum atomic E-state index is -4.39. The van der Waals surface area contributed by atoms with Crippen LogP contribution in [0.1, 0.15) is 42.1 Å². The van der Waals surface area contributed by atoms with Gasteiger partial charge in [-0.1, -0.05) is 30.3 Å². The molecule has 0 aliphatic heterocycles. The summed E-state index contributed by atoms with van der Waals surface area (Å²) in [5.74, 6) is 0.222. The van der Waals surface area contributed by atoms with Crippen LogP contribution in [0.25, 0.3) is 0 Å². The number of benzene rings is 1. The van der Waals surface area contributed by atoms with Gasteiger partial charge in [-0.3, -0.25) is 4.68 Å². The highest BCUT2D eigenvalue weighted by Crippen LogP contribution is 2.42. The summed E-state index contributed by atoms with van der Waals surface area (Å²) < 4.78 is 40.1. The van der Waals surface area contributed by atoms with E-state index in [1.165, 1.54) is 10.7 Å². The van der Waals surface area contributed by atoms with Crippen molar-refractivity contribution in [1.82, 2.24) is 20.4 Å². The zero-order valence-corrected chi connectivity index (χ0v) is 15.0. The number of rotatable bonds is 7. The molecule has 0 radical (unpaired) electrons. The molecule has 4 nitrogen and oxygen atoms in total. The number of aryl methyl sites for hydroxylation is 1. The van der Waals surface area contributed by atoms with Crippen LogP contribution < -0.4 is 10.6 Å². The Labute approximate surface area is 155 Å². The summed E-state index contributed by atoms with van der Waals surface area (Å²) in [4.78, 5) is 0. The summed E-state index contributed by atoms with van der Waals surface area (Å²) >= 11 is 5.22. The van der Waals surface area contributed by atoms with E-state index in [1.807, 2.05) is 30.3 Å². The second kappa shape index (κ2) is 8.07. The molecule has 1 aromatic carbocycles. The minimum absolute atomic E-state index is 0.222. The first-order chi connectivity index (χ1) is 12.4. The SMILES string of the molecule is FC(F)(F)c1cc(C2CC2)n(CCCNC(=S)NCc2ccccc2)n1. The van der Waals surface area contributed by atoms with Crippen molar-refractivity contribution in [2.45, 2.75) is 44.4 Å². The summed E-state index contributed by atoms with van der Waals surface area (Å²) in [6.07, 6.45) is -1.87. The lowest BCUT2D eigenvalue weighted by Crippen LogP contribution is -2.35. The summed E-state index contributed by atoms with van der Waals surface area (Å²) in [7, 11) is 0. The zero-order valence-electron chi connectivity index (χ0n) is 14.2. The Morgan fingerprint density at radius 2 is 1.92 bits per heavy atom. The van der Waals surface area contributed by atoms with Crippen LogP contribution in [0, 0.1) is 0 Å². The highest BCUT2D eigenvalue weighted by molar-refractivity contribution is 7.80. The third-order valence-corrected chi connectivity index (χ3v) is 4.51. The number of aromatic nitrogens is 2. The molecule has 1 fully saturated rings. The van der Waals surface area contributed by atoms with Crippen LogP contribution in [-0.4, -0.2) is 21.4 Å². The third kappa shape index (κ3) is 5.20. The van der Waals surface area contributed by atoms with Crippen molar-refractivity contribution >= 4 is 17.3 Å². The highest BCUT2D eigenvalue weighted by Gasteiger charge is 2.37. The molecule has 0 spiro atoms. The van der Waals surface area contributed by atoms with Crippen molar-refractivity contribution in [3.63, 3.8) is 0 Å². The van der Waals surface area contributed by atoms with Gasteiger partial charge in [0.05, 0.1) is 0 Å². The van der Waals surface area contributed by atoms with E-state index in [-0.39, 0.29) is 5.92 Å². The van der Waals surface area contributed by atoms with E-state index < -0.39 is 11.9 Å². The smallest absolute Gasteiger partial charge is 0.363 e. The topological polar surface area (TPSA) is 41.9 Å². The lowest BCUT2D eigenvalue weighted by atomic mass is 10.2. The van der Waals surface area contributed by atoms with Gasteiger partial charge in [-0.2, -0.15) is 18.3 Å². The van der Waals surface area contributed by atoms with Gasteiger partial charge < -0.3 is 10.6 Å². The molecule has 1 aliphatic carbocycles. The molecule has 8 heteroatoms. The van der Waals surface area contributed by atoms with Crippen molar-refractivity contribution in [1.29, 1.82) is 0 Å². The van der Waals surface area contributed by atoms with E-state index in [0.717, 1.165) is 18.4 Å². The summed E-state index contributed by atoms with van der Waals surface area (Å²) in [5, 5.41) is 10.5. The highest BCUT2D eigenvalue weighted by atomic mass is 32.1. The van der Waals surface area contributed by atoms with Crippen molar-refractivity contribution in [2.24, 2.45) is 0 Å². The Kier molecular flexibility index (Phi) is 5.80. The van der Waals surface area contributed by atoms with Crippen molar-refractivity contribution in [3.8, 4) is 0 Å². The van der Waals surface area contributed by atoms with Crippen LogP contribution in [0.3, 0.4) is 0 Å². The molecule has 1 saturated carbocycles. The molecular weight excluding hydrogens is 361 g/mol. The number of thiocarbonyl (C=S) groups is 1. The van der Waals surface area contributed by atoms with Gasteiger partial charge in [0.15, 0.2) is 10.8 Å². The Hall–Kier alpha value is -2.09. The molecule has 0 atom stereocenters. The summed E-state index contributed by atoms with van der Waals surface area (Å²) in [6, 6.07) is 11.1. The Balaban J connectivity index is 1.43. The van der Waals surface area contributed by atoms with Gasteiger partial charge in [-0.25, -0.2) is 0 Å². The normalized spacial score (nSPS) is 14.3. The summed E-state index contributed by atoms with van der Waals surface area (Å²) in [6.45, 7) is 1.65. The molecular formula is C18H21F3N4S. The average Bonchev–Trinajstić information content (AvgIpc) is 3.36. The van der Waals surface area contributed by atoms with E-state index in [0.29, 0.717) is 36.9 Å². The van der Waals surface area contributed by atoms with Crippen LogP contribution in [0.4, 0.5) is 13.2 Å². The van der Waals surface area contributed by atoms with Crippen LogP contribution in [-0.2, 0) is 19.3 Å². The van der Waals surface area contributed by atoms with Gasteiger partial charge in [0, 0.05) is 31.2 Å². The average molecular weight is 382 g/mol. The monoisotopic (exact) mass is 382 g/mol. The fourth-order valence-corrected chi connectivity index (χ4v) is 2.90. The van der Waals surface area contributed by atoms with Crippen molar-refractivity contribution < 1.29 is 13.2 Å². The summed E-state index contributed by atoms with van der Waals surface area (Å²) in [5.41, 5.74) is 1.02. The van der Waals surface area contributed by atoms with Gasteiger partial charge in [0.1, 0.15) is 0 Å². The number of alkyl halides is 3. The predicted molar refractivity (Wildman–Crippen MR) is 97.7 cm³/mol. The third-order valence-electron chi connectivity index (χ3n) is 4.23. The molecule has 0 saturated heterocycles. The Morgan fingerprint density at radius 3 is 2.58 bits per heavy atom. The zero-order chi connectivity index (χ0) is 18.6. The number of hydrogen-bond donors (Lipinski definition) is 2. The van der Waals surface area contributed by atoms with Crippen molar-refractivity contribution in [3.05, 3.63) is 53.3 Å². The van der Waals surface area contributed by atoms with E-state index >= 15 is 0 Å². The standard InChI is InChI=1S/C18H21F3N4S/c19-18(20,21)16-11-15(14-7-8-14)25(24-16)10-4-9-22-17(26)23-12-13-5-2-1-3-6-13/h1-3,5-6,11,14H,4,7-10,12H2,(H2,22,23,26). The molecule has 140 valence electrons. The molecule has 26 heavy (non-hydrogen) atoms. The Morgan fingerprint density at radius 1 is 1.19 bits per heavy atom. The predicted octanol–water partition coefficient (Wildman–Crippen LogP) is 3.83. The molecule has 0 unspecified atom stereocenters. The quantitative estimate of drug-likeness (QED) is 0.564. The van der Waals surface area contributed by atoms with E-state index in [9.17, 15) is 13.2 Å². The maximum Gasteiger partial charge on any atom is 0.435 e. The van der Waals surface area contributed by atoms with Crippen LogP contribution >= 0.6 is 12.2 Å². The lowest BCUT2D eigenvalue weighted by Gasteiger charge is -2.11. The maximum atomic E-state index is 12.9. The molecule has 0 bridgehead atoms. The van der Waals surface area contributed by atoms with E-state index in [2.05, 4.69) is 15.7 Å². The van der Waals surface area contributed by atoms with Gasteiger partial charge in [-0.15, -0.1) is 0 Å². The van der Waals surface area contributed by atoms with Crippen LogP contribution in [0.5, 0.6) is 0 Å². The second-order valence-electron chi connectivity index (χ2n) is 6.40. The molecule has 1 aliphatic rings. The molecule has 2 aromatic rings. The number of halogens is 3. The number of nitrogens with zero attached hydrogens (tertiary/aromatic N) is 2. The van der Waals surface area contributed by atoms with Crippen LogP contribution in [0.15, 0.2) is 36.4 Å². The van der Waals surface area contributed by atoms with Gasteiger partial charge >= 0.3 is 6.18 Å². The molecule has 1 aromatic heterocycles. The largest absolute Gasteiger partial charge is 0.435 e. The van der Waals surface area contributed by atoms with Gasteiger partial charge in [0.25, 0.3) is 0 Å². The van der Waals surface area contributed by atoms with Gasteiger partial charge in [-0.05, 0) is 43.1 Å². The van der Waals surface area contributed by atoms with Gasteiger partial charge in [0.2, 0.25) is 0 Å². The number of nitrogens with one attached hydrogen (secondary N) is 2. The van der Waals surface area contributed by atoms with Crippen molar-refractivity contribution in [2.75, 3.05) is 6.54 Å². The Bertz CT molecular complexity index is 739. The van der Waals surface area contributed by atoms with E-state index in [4.69, 9.17) is 12.2 Å². The first-order valence-electron chi connectivity index (χ1n) is 8.64. The molecule has 2 N–H and O–H groups in total. The second-order valence-corrected chi connectivity index (χ2v) is 6.81. The van der Waals surface area contributed by atoms with E-state index in [1.54, 1.807) is 0 Å². The first-order valence-corrected chi connectivity index (χ1v) is 9.05. The van der Waals surface area contributed by atoms with Crippen LogP contribution in [0.2, 0.25) is 0 Å². The molecule has 3 rings (SSSR count). The lowest BCUT2D eigenvalue weighted by molar-refractivity contribution is -0.141.